The number of nitriles is 1. The molecule has 2 aromatic rings. The lowest BCUT2D eigenvalue weighted by atomic mass is 9.93. The Balaban J connectivity index is 1.58. The number of hydrogen-bond donors (Lipinski definition) is 3. The van der Waals surface area contributed by atoms with E-state index in [-0.39, 0.29) is 11.9 Å². The maximum atomic E-state index is 12.8. The molecule has 0 spiro atoms. The molecule has 4 rings (SSSR count). The number of rotatable bonds is 4. The van der Waals surface area contributed by atoms with Crippen LogP contribution >= 0.6 is 11.8 Å². The van der Waals surface area contributed by atoms with E-state index in [4.69, 9.17) is 5.26 Å². The second-order valence-corrected chi connectivity index (χ2v) is 8.73. The van der Waals surface area contributed by atoms with Crippen LogP contribution in [-0.4, -0.2) is 41.4 Å². The van der Waals surface area contributed by atoms with E-state index in [0.29, 0.717) is 28.2 Å². The topological polar surface area (TPSA) is 110 Å². The Morgan fingerprint density at radius 2 is 1.91 bits per heavy atom. The molecule has 1 atom stereocenters. The molecule has 1 saturated heterocycles. The zero-order valence-corrected chi connectivity index (χ0v) is 19.2. The average molecular weight is 461 g/mol. The molecule has 0 bridgehead atoms. The summed E-state index contributed by atoms with van der Waals surface area (Å²) in [5.41, 5.74) is 3.94. The molecule has 0 aliphatic carbocycles. The van der Waals surface area contributed by atoms with Gasteiger partial charge in [-0.25, -0.2) is 9.79 Å². The second kappa shape index (κ2) is 9.79. The number of benzene rings is 2. The molecular formula is C24H24N6O2S. The molecular weight excluding hydrogens is 436 g/mol. The number of aliphatic imine (C=N–C) groups is 1. The number of carbonyl (C=O) groups excluding carboxylic acids is 2. The van der Waals surface area contributed by atoms with Gasteiger partial charge in [0, 0.05) is 30.7 Å². The number of urea groups is 1. The van der Waals surface area contributed by atoms with Gasteiger partial charge in [-0.05, 0) is 55.3 Å². The fourth-order valence-electron chi connectivity index (χ4n) is 3.95. The second-order valence-electron chi connectivity index (χ2n) is 7.66. The van der Waals surface area contributed by atoms with Crippen LogP contribution < -0.4 is 16.0 Å². The Bertz CT molecular complexity index is 1180. The maximum absolute atomic E-state index is 12.8. The van der Waals surface area contributed by atoms with E-state index >= 15 is 0 Å². The predicted octanol–water partition coefficient (Wildman–Crippen LogP) is 4.07. The van der Waals surface area contributed by atoms with Gasteiger partial charge in [0.2, 0.25) is 0 Å². The number of hydrogen-bond acceptors (Lipinski definition) is 6. The first kappa shape index (κ1) is 22.4. The maximum Gasteiger partial charge on any atom is 0.323 e. The molecule has 2 heterocycles. The largest absolute Gasteiger partial charge is 0.355 e. The smallest absolute Gasteiger partial charge is 0.323 e. The van der Waals surface area contributed by atoms with E-state index in [9.17, 15) is 9.59 Å². The van der Waals surface area contributed by atoms with E-state index in [1.54, 1.807) is 49.1 Å². The fraction of sp³-hybridized carbons (Fsp3) is 0.250. The molecule has 2 aliphatic rings. The van der Waals surface area contributed by atoms with E-state index < -0.39 is 6.03 Å². The number of likely N-dealkylation sites (N-methyl/N-ethyl adjacent to an activating group) is 1. The molecule has 3 N–H and O–H groups in total. The number of amidine groups is 1. The lowest BCUT2D eigenvalue weighted by Crippen LogP contribution is -2.43. The fourth-order valence-corrected chi connectivity index (χ4v) is 4.97. The van der Waals surface area contributed by atoms with Crippen LogP contribution in [0.4, 0.5) is 16.2 Å². The highest BCUT2D eigenvalue weighted by atomic mass is 32.2. The summed E-state index contributed by atoms with van der Waals surface area (Å²) in [5, 5.41) is 18.2. The van der Waals surface area contributed by atoms with Crippen LogP contribution in [0, 0.1) is 11.3 Å². The molecule has 1 fully saturated rings. The SMILES string of the molecule is CNC(=O)C1=C(C)N=C2SCCCN2C1c1cccc(NC(=O)Nc2ccc(C#N)cc2)c1. The van der Waals surface area contributed by atoms with Crippen molar-refractivity contribution in [3.8, 4) is 6.07 Å². The Hall–Kier alpha value is -3.77. The Kier molecular flexibility index (Phi) is 6.66. The molecule has 3 amide bonds. The van der Waals surface area contributed by atoms with Crippen LogP contribution in [0.15, 0.2) is 64.8 Å². The zero-order chi connectivity index (χ0) is 23.4. The van der Waals surface area contributed by atoms with Gasteiger partial charge in [-0.3, -0.25) is 4.79 Å². The van der Waals surface area contributed by atoms with Gasteiger partial charge in [-0.2, -0.15) is 5.26 Å². The van der Waals surface area contributed by atoms with Crippen molar-refractivity contribution in [2.45, 2.75) is 19.4 Å². The summed E-state index contributed by atoms with van der Waals surface area (Å²) in [6, 6.07) is 15.5. The third-order valence-corrected chi connectivity index (χ3v) is 6.54. The third kappa shape index (κ3) is 4.86. The highest BCUT2D eigenvalue weighted by Gasteiger charge is 2.36. The molecule has 9 heteroatoms. The molecule has 0 radical (unpaired) electrons. The molecule has 33 heavy (non-hydrogen) atoms. The lowest BCUT2D eigenvalue weighted by Gasteiger charge is -2.40. The van der Waals surface area contributed by atoms with Crippen molar-refractivity contribution >= 4 is 40.2 Å². The monoisotopic (exact) mass is 460 g/mol. The van der Waals surface area contributed by atoms with Gasteiger partial charge in [-0.15, -0.1) is 0 Å². The van der Waals surface area contributed by atoms with Gasteiger partial charge in [0.15, 0.2) is 5.17 Å². The molecule has 8 nitrogen and oxygen atoms in total. The number of amides is 3. The minimum absolute atomic E-state index is 0.159. The quantitative estimate of drug-likeness (QED) is 0.637. The zero-order valence-electron chi connectivity index (χ0n) is 18.4. The highest BCUT2D eigenvalue weighted by Crippen LogP contribution is 2.39. The molecule has 2 aromatic carbocycles. The van der Waals surface area contributed by atoms with Crippen molar-refractivity contribution in [3.63, 3.8) is 0 Å². The number of nitrogens with one attached hydrogen (secondary N) is 3. The van der Waals surface area contributed by atoms with Gasteiger partial charge in [-0.1, -0.05) is 23.9 Å². The number of allylic oxidation sites excluding steroid dienone is 1. The molecule has 0 aromatic heterocycles. The minimum Gasteiger partial charge on any atom is -0.355 e. The summed E-state index contributed by atoms with van der Waals surface area (Å²) in [6.07, 6.45) is 1.01. The van der Waals surface area contributed by atoms with E-state index in [2.05, 4.69) is 25.8 Å². The van der Waals surface area contributed by atoms with Crippen molar-refractivity contribution in [2.75, 3.05) is 30.0 Å². The third-order valence-electron chi connectivity index (χ3n) is 5.46. The van der Waals surface area contributed by atoms with E-state index in [0.717, 1.165) is 29.4 Å². The lowest BCUT2D eigenvalue weighted by molar-refractivity contribution is -0.117. The number of carbonyl (C=O) groups is 2. The Morgan fingerprint density at radius 3 is 2.64 bits per heavy atom. The van der Waals surface area contributed by atoms with Gasteiger partial charge >= 0.3 is 6.03 Å². The van der Waals surface area contributed by atoms with Gasteiger partial charge in [0.1, 0.15) is 0 Å². The standard InChI is InChI=1S/C24H24N6O2S/c1-15-20(22(31)26-2)21(30-11-4-12-33-24(30)27-15)17-5-3-6-19(13-17)29-23(32)28-18-9-7-16(14-25)8-10-18/h3,5-10,13,21H,4,11-12H2,1-2H3,(H,26,31)(H2,28,29,32). The predicted molar refractivity (Wildman–Crippen MR) is 131 cm³/mol. The normalized spacial score (nSPS) is 17.4. The van der Waals surface area contributed by atoms with Gasteiger partial charge < -0.3 is 20.9 Å². The van der Waals surface area contributed by atoms with Crippen molar-refractivity contribution in [3.05, 3.63) is 70.9 Å². The summed E-state index contributed by atoms with van der Waals surface area (Å²) in [5.74, 6) is 0.842. The van der Waals surface area contributed by atoms with Crippen molar-refractivity contribution in [1.29, 1.82) is 5.26 Å². The molecule has 2 aliphatic heterocycles. The van der Waals surface area contributed by atoms with Crippen molar-refractivity contribution in [1.82, 2.24) is 10.2 Å². The van der Waals surface area contributed by atoms with Crippen molar-refractivity contribution < 1.29 is 9.59 Å². The van der Waals surface area contributed by atoms with Gasteiger partial charge in [0.05, 0.1) is 28.9 Å². The molecule has 1 unspecified atom stereocenters. The highest BCUT2D eigenvalue weighted by molar-refractivity contribution is 8.13. The minimum atomic E-state index is -0.394. The van der Waals surface area contributed by atoms with Crippen LogP contribution in [-0.2, 0) is 4.79 Å². The van der Waals surface area contributed by atoms with E-state index in [1.165, 1.54) is 0 Å². The van der Waals surface area contributed by atoms with Crippen molar-refractivity contribution in [2.24, 2.45) is 4.99 Å². The molecule has 0 saturated carbocycles. The Labute approximate surface area is 196 Å². The number of fused-ring (bicyclic) bond motifs is 1. The van der Waals surface area contributed by atoms with Crippen LogP contribution in [0.25, 0.3) is 0 Å². The number of thioether (sulfide) groups is 1. The van der Waals surface area contributed by atoms with E-state index in [1.807, 2.05) is 31.2 Å². The van der Waals surface area contributed by atoms with Crippen LogP contribution in [0.3, 0.4) is 0 Å². The summed E-state index contributed by atoms with van der Waals surface area (Å²) in [6.45, 7) is 2.67. The number of anilines is 2. The van der Waals surface area contributed by atoms with Crippen LogP contribution in [0.5, 0.6) is 0 Å². The summed E-state index contributed by atoms with van der Waals surface area (Å²) >= 11 is 1.70. The average Bonchev–Trinajstić information content (AvgIpc) is 2.83. The Morgan fingerprint density at radius 1 is 1.15 bits per heavy atom. The van der Waals surface area contributed by atoms with Gasteiger partial charge in [0.25, 0.3) is 5.91 Å². The molecule has 168 valence electrons. The van der Waals surface area contributed by atoms with Crippen LogP contribution in [0.1, 0.15) is 30.5 Å². The first-order valence-electron chi connectivity index (χ1n) is 10.6. The first-order chi connectivity index (χ1) is 16.0. The van der Waals surface area contributed by atoms with Crippen LogP contribution in [0.2, 0.25) is 0 Å². The summed E-state index contributed by atoms with van der Waals surface area (Å²) in [4.78, 5) is 32.2. The summed E-state index contributed by atoms with van der Waals surface area (Å²) in [7, 11) is 1.62. The summed E-state index contributed by atoms with van der Waals surface area (Å²) < 4.78 is 0. The number of nitrogens with zero attached hydrogens (tertiary/aromatic N) is 3. The first-order valence-corrected chi connectivity index (χ1v) is 11.6.